The molecule has 1 fully saturated rings. The molecule has 0 saturated carbocycles. The third-order valence-corrected chi connectivity index (χ3v) is 5.10. The van der Waals surface area contributed by atoms with Gasteiger partial charge in [0.25, 0.3) is 0 Å². The van der Waals surface area contributed by atoms with Crippen LogP contribution in [0.4, 0.5) is 10.1 Å². The van der Waals surface area contributed by atoms with Gasteiger partial charge in [0.15, 0.2) is 0 Å². The fraction of sp³-hybridized carbons (Fsp3) is 0.391. The monoisotopic (exact) mass is 413 g/mol. The normalized spacial score (nSPS) is 14.4. The van der Waals surface area contributed by atoms with Gasteiger partial charge in [-0.3, -0.25) is 14.5 Å². The van der Waals surface area contributed by atoms with Crippen LogP contribution in [0.2, 0.25) is 0 Å². The van der Waals surface area contributed by atoms with Gasteiger partial charge in [0.05, 0.1) is 13.2 Å². The van der Waals surface area contributed by atoms with Crippen LogP contribution >= 0.6 is 0 Å². The van der Waals surface area contributed by atoms with Crippen molar-refractivity contribution in [3.05, 3.63) is 59.9 Å². The number of anilines is 1. The number of halogens is 1. The summed E-state index contributed by atoms with van der Waals surface area (Å²) in [4.78, 5) is 28.7. The van der Waals surface area contributed by atoms with E-state index in [-0.39, 0.29) is 24.2 Å². The lowest BCUT2D eigenvalue weighted by Gasteiger charge is -2.34. The minimum absolute atomic E-state index is 0.122. The topological polar surface area (TPSA) is 61.9 Å². The zero-order valence-corrected chi connectivity index (χ0v) is 17.3. The summed E-state index contributed by atoms with van der Waals surface area (Å²) in [5.41, 5.74) is 1.62. The number of benzene rings is 2. The van der Waals surface area contributed by atoms with E-state index in [0.29, 0.717) is 51.3 Å². The molecule has 0 aromatic heterocycles. The molecule has 7 heteroatoms. The fourth-order valence-corrected chi connectivity index (χ4v) is 3.50. The van der Waals surface area contributed by atoms with Crippen molar-refractivity contribution in [1.29, 1.82) is 0 Å². The van der Waals surface area contributed by atoms with Crippen LogP contribution < -0.4 is 10.1 Å². The van der Waals surface area contributed by atoms with Crippen LogP contribution in [0, 0.1) is 5.82 Å². The number of rotatable bonds is 8. The number of piperazine rings is 1. The van der Waals surface area contributed by atoms with Crippen molar-refractivity contribution in [2.45, 2.75) is 19.8 Å². The van der Waals surface area contributed by atoms with Crippen molar-refractivity contribution < 1.29 is 18.7 Å². The Morgan fingerprint density at radius 1 is 1.03 bits per heavy atom. The second-order valence-corrected chi connectivity index (χ2v) is 7.25. The zero-order chi connectivity index (χ0) is 21.3. The second kappa shape index (κ2) is 10.7. The Labute approximate surface area is 176 Å². The summed E-state index contributed by atoms with van der Waals surface area (Å²) in [6, 6.07) is 13.5. The van der Waals surface area contributed by atoms with Crippen molar-refractivity contribution >= 4 is 17.5 Å². The van der Waals surface area contributed by atoms with Crippen molar-refractivity contribution in [2.75, 3.05) is 44.6 Å². The SMILES string of the molecule is CCOc1ccccc1CCC(=O)N1CCN(CC(=O)Nc2ccc(F)cc2)CC1. The molecule has 30 heavy (non-hydrogen) atoms. The van der Waals surface area contributed by atoms with Crippen LogP contribution in [-0.2, 0) is 16.0 Å². The number of hydrogen-bond donors (Lipinski definition) is 1. The van der Waals surface area contributed by atoms with Crippen LogP contribution in [0.15, 0.2) is 48.5 Å². The molecule has 2 aromatic rings. The van der Waals surface area contributed by atoms with Gasteiger partial charge in [-0.1, -0.05) is 18.2 Å². The third kappa shape index (κ3) is 6.29. The van der Waals surface area contributed by atoms with Gasteiger partial charge in [0, 0.05) is 38.3 Å². The molecule has 0 radical (unpaired) electrons. The van der Waals surface area contributed by atoms with Gasteiger partial charge >= 0.3 is 0 Å². The number of para-hydroxylation sites is 1. The molecule has 0 unspecified atom stereocenters. The van der Waals surface area contributed by atoms with E-state index in [1.807, 2.05) is 41.0 Å². The van der Waals surface area contributed by atoms with E-state index in [1.165, 1.54) is 24.3 Å². The summed E-state index contributed by atoms with van der Waals surface area (Å²) in [6.45, 7) is 5.31. The molecular weight excluding hydrogens is 385 g/mol. The number of nitrogens with zero attached hydrogens (tertiary/aromatic N) is 2. The summed E-state index contributed by atoms with van der Waals surface area (Å²) in [5.74, 6) is 0.477. The molecule has 1 N–H and O–H groups in total. The molecule has 1 heterocycles. The smallest absolute Gasteiger partial charge is 0.238 e. The summed E-state index contributed by atoms with van der Waals surface area (Å²) >= 11 is 0. The molecule has 2 aromatic carbocycles. The van der Waals surface area contributed by atoms with Crippen LogP contribution in [0.1, 0.15) is 18.9 Å². The van der Waals surface area contributed by atoms with E-state index < -0.39 is 0 Å². The van der Waals surface area contributed by atoms with Gasteiger partial charge in [0.1, 0.15) is 11.6 Å². The number of carbonyl (C=O) groups is 2. The molecule has 0 atom stereocenters. The van der Waals surface area contributed by atoms with Gasteiger partial charge in [-0.15, -0.1) is 0 Å². The molecule has 0 aliphatic carbocycles. The first-order valence-electron chi connectivity index (χ1n) is 10.3. The van der Waals surface area contributed by atoms with Crippen LogP contribution in [-0.4, -0.2) is 60.9 Å². The van der Waals surface area contributed by atoms with Crippen LogP contribution in [0.25, 0.3) is 0 Å². The molecule has 1 aliphatic heterocycles. The van der Waals surface area contributed by atoms with Gasteiger partial charge in [0.2, 0.25) is 11.8 Å². The highest BCUT2D eigenvalue weighted by atomic mass is 19.1. The van der Waals surface area contributed by atoms with Crippen LogP contribution in [0.5, 0.6) is 5.75 Å². The molecule has 6 nitrogen and oxygen atoms in total. The number of hydrogen-bond acceptors (Lipinski definition) is 4. The molecule has 2 amide bonds. The van der Waals surface area contributed by atoms with Gasteiger partial charge in [-0.05, 0) is 49.2 Å². The number of carbonyl (C=O) groups excluding carboxylic acids is 2. The maximum Gasteiger partial charge on any atom is 0.238 e. The quantitative estimate of drug-likeness (QED) is 0.723. The highest BCUT2D eigenvalue weighted by molar-refractivity contribution is 5.92. The van der Waals surface area contributed by atoms with Gasteiger partial charge < -0.3 is 15.0 Å². The predicted octanol–water partition coefficient (Wildman–Crippen LogP) is 2.94. The lowest BCUT2D eigenvalue weighted by molar-refractivity contribution is -0.133. The summed E-state index contributed by atoms with van der Waals surface area (Å²) < 4.78 is 18.6. The maximum absolute atomic E-state index is 12.9. The maximum atomic E-state index is 12.9. The van der Waals surface area contributed by atoms with Gasteiger partial charge in [-0.2, -0.15) is 0 Å². The predicted molar refractivity (Wildman–Crippen MR) is 114 cm³/mol. The Morgan fingerprint density at radius 3 is 2.43 bits per heavy atom. The van der Waals surface area contributed by atoms with E-state index in [1.54, 1.807) is 0 Å². The largest absolute Gasteiger partial charge is 0.494 e. The van der Waals surface area contributed by atoms with Crippen molar-refractivity contribution in [2.24, 2.45) is 0 Å². The van der Waals surface area contributed by atoms with E-state index in [9.17, 15) is 14.0 Å². The highest BCUT2D eigenvalue weighted by Gasteiger charge is 2.22. The zero-order valence-electron chi connectivity index (χ0n) is 17.3. The Bertz CT molecular complexity index is 849. The Hall–Kier alpha value is -2.93. The van der Waals surface area contributed by atoms with Gasteiger partial charge in [-0.25, -0.2) is 4.39 Å². The van der Waals surface area contributed by atoms with E-state index in [0.717, 1.165) is 11.3 Å². The number of aryl methyl sites for hydroxylation is 1. The third-order valence-electron chi connectivity index (χ3n) is 5.10. The minimum atomic E-state index is -0.338. The first-order chi connectivity index (χ1) is 14.5. The summed E-state index contributed by atoms with van der Waals surface area (Å²) in [6.07, 6.45) is 1.09. The average molecular weight is 413 g/mol. The molecular formula is C23H28FN3O3. The van der Waals surface area contributed by atoms with Crippen molar-refractivity contribution in [3.8, 4) is 5.75 Å². The molecule has 3 rings (SSSR count). The number of amides is 2. The summed E-state index contributed by atoms with van der Waals surface area (Å²) in [5, 5.41) is 2.76. The lowest BCUT2D eigenvalue weighted by atomic mass is 10.1. The molecule has 0 bridgehead atoms. The Kier molecular flexibility index (Phi) is 7.79. The van der Waals surface area contributed by atoms with E-state index >= 15 is 0 Å². The standard InChI is InChI=1S/C23H28FN3O3/c1-2-30-21-6-4-3-5-18(21)7-12-23(29)27-15-13-26(14-16-27)17-22(28)25-20-10-8-19(24)9-11-20/h3-6,8-11H,2,7,12-17H2,1H3,(H,25,28). The van der Waals surface area contributed by atoms with Crippen LogP contribution in [0.3, 0.4) is 0 Å². The minimum Gasteiger partial charge on any atom is -0.494 e. The average Bonchev–Trinajstić information content (AvgIpc) is 2.75. The number of nitrogens with one attached hydrogen (secondary N) is 1. The first kappa shape index (κ1) is 21.8. The molecule has 160 valence electrons. The Balaban J connectivity index is 1.41. The first-order valence-corrected chi connectivity index (χ1v) is 10.3. The van der Waals surface area contributed by atoms with Crippen molar-refractivity contribution in [3.63, 3.8) is 0 Å². The van der Waals surface area contributed by atoms with E-state index in [2.05, 4.69) is 5.32 Å². The summed E-state index contributed by atoms with van der Waals surface area (Å²) in [7, 11) is 0. The molecule has 1 saturated heterocycles. The second-order valence-electron chi connectivity index (χ2n) is 7.25. The molecule has 1 aliphatic rings. The van der Waals surface area contributed by atoms with Crippen molar-refractivity contribution in [1.82, 2.24) is 9.80 Å². The highest BCUT2D eigenvalue weighted by Crippen LogP contribution is 2.20. The van der Waals surface area contributed by atoms with E-state index in [4.69, 9.17) is 4.74 Å². The number of ether oxygens (including phenoxy) is 1. The Morgan fingerprint density at radius 2 is 1.73 bits per heavy atom. The lowest BCUT2D eigenvalue weighted by Crippen LogP contribution is -2.50. The molecule has 0 spiro atoms. The fourth-order valence-electron chi connectivity index (χ4n) is 3.50.